The van der Waals surface area contributed by atoms with E-state index in [1.165, 1.54) is 0 Å². The van der Waals surface area contributed by atoms with Gasteiger partial charge in [0.25, 0.3) is 0 Å². The molecule has 6 nitrogen and oxygen atoms in total. The Balaban J connectivity index is 1.80. The van der Waals surface area contributed by atoms with Crippen molar-refractivity contribution in [1.82, 2.24) is 15.6 Å². The maximum absolute atomic E-state index is 12.3. The molecule has 1 aliphatic heterocycles. The second kappa shape index (κ2) is 8.52. The Bertz CT molecular complexity index is 546. The van der Waals surface area contributed by atoms with Gasteiger partial charge >= 0.3 is 6.03 Å². The lowest BCUT2D eigenvalue weighted by atomic mass is 9.85. The first kappa shape index (κ1) is 19.5. The number of carbonyl (C=O) groups excluding carboxylic acids is 1. The Morgan fingerprint density at radius 1 is 1.36 bits per heavy atom. The van der Waals surface area contributed by atoms with Gasteiger partial charge in [-0.25, -0.2) is 9.78 Å². The second-order valence-corrected chi connectivity index (χ2v) is 8.00. The van der Waals surface area contributed by atoms with Crippen molar-refractivity contribution in [1.29, 1.82) is 0 Å². The zero-order valence-electron chi connectivity index (χ0n) is 15.9. The van der Waals surface area contributed by atoms with Gasteiger partial charge in [-0.3, -0.25) is 0 Å². The molecule has 3 N–H and O–H groups in total. The summed E-state index contributed by atoms with van der Waals surface area (Å²) in [7, 11) is 0. The van der Waals surface area contributed by atoms with E-state index in [1.54, 1.807) is 0 Å². The van der Waals surface area contributed by atoms with Crippen LogP contribution in [0.3, 0.4) is 0 Å². The summed E-state index contributed by atoms with van der Waals surface area (Å²) < 4.78 is 0. The number of carbonyl (C=O) groups is 1. The molecule has 2 heterocycles. The van der Waals surface area contributed by atoms with Crippen LogP contribution in [0, 0.1) is 12.3 Å². The number of amides is 2. The number of pyridine rings is 1. The van der Waals surface area contributed by atoms with Crippen LogP contribution < -0.4 is 15.5 Å². The van der Waals surface area contributed by atoms with Crippen LogP contribution in [0.25, 0.3) is 0 Å². The normalized spacial score (nSPS) is 17.2. The van der Waals surface area contributed by atoms with Gasteiger partial charge in [0.1, 0.15) is 5.82 Å². The first-order valence-electron chi connectivity index (χ1n) is 9.15. The largest absolute Gasteiger partial charge is 0.396 e. The molecule has 1 aromatic rings. The van der Waals surface area contributed by atoms with Crippen molar-refractivity contribution in [2.45, 2.75) is 59.0 Å². The molecular weight excluding hydrogens is 316 g/mol. The Hall–Kier alpha value is -1.82. The molecular formula is C19H32N4O2. The third kappa shape index (κ3) is 5.88. The van der Waals surface area contributed by atoms with Crippen LogP contribution in [0.2, 0.25) is 0 Å². The quantitative estimate of drug-likeness (QED) is 0.764. The van der Waals surface area contributed by atoms with E-state index in [0.29, 0.717) is 6.42 Å². The molecule has 2 amide bonds. The van der Waals surface area contributed by atoms with Crippen molar-refractivity contribution >= 4 is 11.8 Å². The molecule has 1 aromatic heterocycles. The maximum Gasteiger partial charge on any atom is 0.315 e. The lowest BCUT2D eigenvalue weighted by molar-refractivity contribution is 0.186. The highest BCUT2D eigenvalue weighted by Crippen LogP contribution is 2.22. The van der Waals surface area contributed by atoms with Crippen LogP contribution in [0.15, 0.2) is 18.3 Å². The number of nitrogens with zero attached hydrogens (tertiary/aromatic N) is 2. The number of aliphatic hydroxyl groups is 1. The highest BCUT2D eigenvalue weighted by atomic mass is 16.3. The standard InChI is InChI=1S/C19H32N4O2/c1-14-5-6-17(20-13-14)23-10-7-15(8-11-23)21-18(25)22-16(9-12-24)19(2,3)4/h5-6,13,15-16,24H,7-12H2,1-4H3,(H2,21,22,25). The van der Waals surface area contributed by atoms with Crippen LogP contribution in [0.4, 0.5) is 10.6 Å². The molecule has 0 saturated carbocycles. The monoisotopic (exact) mass is 348 g/mol. The minimum Gasteiger partial charge on any atom is -0.396 e. The SMILES string of the molecule is Cc1ccc(N2CCC(NC(=O)NC(CCO)C(C)(C)C)CC2)nc1. The number of anilines is 1. The fourth-order valence-electron chi connectivity index (χ4n) is 3.14. The lowest BCUT2D eigenvalue weighted by Crippen LogP contribution is -2.53. The van der Waals surface area contributed by atoms with Gasteiger partial charge < -0.3 is 20.6 Å². The molecule has 0 aromatic carbocycles. The van der Waals surface area contributed by atoms with Crippen LogP contribution in [0.1, 0.15) is 45.6 Å². The fraction of sp³-hybridized carbons (Fsp3) is 0.684. The van der Waals surface area contributed by atoms with Crippen LogP contribution >= 0.6 is 0 Å². The van der Waals surface area contributed by atoms with Gasteiger partial charge in [0.2, 0.25) is 0 Å². The molecule has 1 atom stereocenters. The van der Waals surface area contributed by atoms with Crippen LogP contribution in [-0.2, 0) is 0 Å². The Morgan fingerprint density at radius 2 is 2.04 bits per heavy atom. The third-order valence-electron chi connectivity index (χ3n) is 4.82. The Kier molecular flexibility index (Phi) is 6.64. The summed E-state index contributed by atoms with van der Waals surface area (Å²) in [4.78, 5) is 19.0. The number of hydrogen-bond acceptors (Lipinski definition) is 4. The summed E-state index contributed by atoms with van der Waals surface area (Å²) in [6.07, 6.45) is 4.27. The Labute approximate surface area is 151 Å². The molecule has 1 fully saturated rings. The molecule has 1 aliphatic rings. The van der Waals surface area contributed by atoms with Gasteiger partial charge in [-0.05, 0) is 43.2 Å². The molecule has 1 saturated heterocycles. The third-order valence-corrected chi connectivity index (χ3v) is 4.82. The number of hydrogen-bond donors (Lipinski definition) is 3. The first-order valence-corrected chi connectivity index (χ1v) is 9.15. The van der Waals surface area contributed by atoms with E-state index in [2.05, 4.69) is 53.4 Å². The van der Waals surface area contributed by atoms with Crippen molar-refractivity contribution in [3.63, 3.8) is 0 Å². The van der Waals surface area contributed by atoms with Gasteiger partial charge in [-0.2, -0.15) is 0 Å². The van der Waals surface area contributed by atoms with Crippen molar-refractivity contribution in [2.24, 2.45) is 5.41 Å². The molecule has 0 radical (unpaired) electrons. The van der Waals surface area contributed by atoms with E-state index in [1.807, 2.05) is 13.1 Å². The summed E-state index contributed by atoms with van der Waals surface area (Å²) in [5.74, 6) is 1.00. The predicted octanol–water partition coefficient (Wildman–Crippen LogP) is 2.46. The number of piperidine rings is 1. The van der Waals surface area contributed by atoms with Crippen molar-refractivity contribution in [2.75, 3.05) is 24.6 Å². The number of aromatic nitrogens is 1. The summed E-state index contributed by atoms with van der Waals surface area (Å²) >= 11 is 0. The van der Waals surface area contributed by atoms with E-state index in [0.717, 1.165) is 37.3 Å². The van der Waals surface area contributed by atoms with Crippen LogP contribution in [0.5, 0.6) is 0 Å². The maximum atomic E-state index is 12.3. The summed E-state index contributed by atoms with van der Waals surface area (Å²) in [6, 6.07) is 4.12. The van der Waals surface area contributed by atoms with Gasteiger partial charge in [0, 0.05) is 38.0 Å². The van der Waals surface area contributed by atoms with E-state index in [9.17, 15) is 9.90 Å². The molecule has 0 bridgehead atoms. The molecule has 6 heteroatoms. The predicted molar refractivity (Wildman–Crippen MR) is 101 cm³/mol. The van der Waals surface area contributed by atoms with E-state index in [4.69, 9.17) is 0 Å². The van der Waals surface area contributed by atoms with Gasteiger partial charge in [0.05, 0.1) is 0 Å². The molecule has 0 spiro atoms. The highest BCUT2D eigenvalue weighted by Gasteiger charge is 2.27. The number of nitrogens with one attached hydrogen (secondary N) is 2. The summed E-state index contributed by atoms with van der Waals surface area (Å²) in [5.41, 5.74) is 1.08. The zero-order valence-corrected chi connectivity index (χ0v) is 15.9. The average molecular weight is 348 g/mol. The van der Waals surface area contributed by atoms with Crippen LogP contribution in [-0.4, -0.2) is 47.9 Å². The number of urea groups is 1. The molecule has 25 heavy (non-hydrogen) atoms. The fourth-order valence-corrected chi connectivity index (χ4v) is 3.14. The van der Waals surface area contributed by atoms with Crippen molar-refractivity contribution < 1.29 is 9.90 Å². The molecule has 2 rings (SSSR count). The highest BCUT2D eigenvalue weighted by molar-refractivity contribution is 5.74. The summed E-state index contributed by atoms with van der Waals surface area (Å²) in [6.45, 7) is 10.1. The minimum atomic E-state index is -0.139. The number of aryl methyl sites for hydroxylation is 1. The molecule has 140 valence electrons. The molecule has 0 aliphatic carbocycles. The molecule has 1 unspecified atom stereocenters. The lowest BCUT2D eigenvalue weighted by Gasteiger charge is -2.35. The number of rotatable bonds is 5. The Morgan fingerprint density at radius 3 is 2.56 bits per heavy atom. The second-order valence-electron chi connectivity index (χ2n) is 8.00. The van der Waals surface area contributed by atoms with E-state index < -0.39 is 0 Å². The van der Waals surface area contributed by atoms with E-state index >= 15 is 0 Å². The van der Waals surface area contributed by atoms with E-state index in [-0.39, 0.29) is 30.1 Å². The first-order chi connectivity index (χ1) is 11.8. The summed E-state index contributed by atoms with van der Waals surface area (Å²) in [5, 5.41) is 15.3. The average Bonchev–Trinajstić information content (AvgIpc) is 2.55. The number of aliphatic hydroxyl groups excluding tert-OH is 1. The topological polar surface area (TPSA) is 77.5 Å². The van der Waals surface area contributed by atoms with Crippen molar-refractivity contribution in [3.8, 4) is 0 Å². The van der Waals surface area contributed by atoms with Crippen molar-refractivity contribution in [3.05, 3.63) is 23.9 Å². The minimum absolute atomic E-state index is 0.0469. The van der Waals surface area contributed by atoms with Gasteiger partial charge in [0.15, 0.2) is 0 Å². The van der Waals surface area contributed by atoms with Gasteiger partial charge in [-0.1, -0.05) is 26.8 Å². The smallest absolute Gasteiger partial charge is 0.315 e. The zero-order chi connectivity index (χ0) is 18.4. The van der Waals surface area contributed by atoms with Gasteiger partial charge in [-0.15, -0.1) is 0 Å².